The van der Waals surface area contributed by atoms with Crippen LogP contribution in [0.15, 0.2) is 52.6 Å². The zero-order valence-electron chi connectivity index (χ0n) is 18.9. The van der Waals surface area contributed by atoms with Crippen LogP contribution in [-0.4, -0.2) is 28.4 Å². The van der Waals surface area contributed by atoms with Crippen LogP contribution in [0.25, 0.3) is 5.70 Å². The van der Waals surface area contributed by atoms with Gasteiger partial charge in [0.05, 0.1) is 12.0 Å². The third kappa shape index (κ3) is 4.67. The smallest absolute Gasteiger partial charge is 0.276 e. The number of hydrogen-bond donors (Lipinski definition) is 1. The topological polar surface area (TPSA) is 66.3 Å². The highest BCUT2D eigenvalue weighted by atomic mass is 32.2. The number of nitrogens with zero attached hydrogens (tertiary/aromatic N) is 3. The Morgan fingerprint density at radius 1 is 1.12 bits per heavy atom. The molecule has 0 saturated heterocycles. The molecule has 168 valence electrons. The minimum Gasteiger partial charge on any atom is -0.494 e. The number of ether oxygens (including phenoxy) is 1. The summed E-state index contributed by atoms with van der Waals surface area (Å²) in [5, 5.41) is 11.9. The Bertz CT molecular complexity index is 1140. The van der Waals surface area contributed by atoms with Gasteiger partial charge in [-0.2, -0.15) is 0 Å². The van der Waals surface area contributed by atoms with Crippen LogP contribution < -0.4 is 20.6 Å². The number of benzene rings is 2. The van der Waals surface area contributed by atoms with Gasteiger partial charge in [-0.1, -0.05) is 62.2 Å². The van der Waals surface area contributed by atoms with Crippen molar-refractivity contribution in [3.05, 3.63) is 64.2 Å². The number of amides is 1. The van der Waals surface area contributed by atoms with E-state index in [1.54, 1.807) is 16.8 Å². The van der Waals surface area contributed by atoms with Gasteiger partial charge < -0.3 is 4.74 Å². The van der Waals surface area contributed by atoms with Crippen LogP contribution in [0.5, 0.6) is 5.75 Å². The second kappa shape index (κ2) is 10.2. The number of para-hydroxylation sites is 1. The lowest BCUT2D eigenvalue weighted by molar-refractivity contribution is -0.116. The molecule has 2 aliphatic rings. The Balaban J connectivity index is 1.71. The summed E-state index contributed by atoms with van der Waals surface area (Å²) >= 11 is 1.60. The van der Waals surface area contributed by atoms with Crippen LogP contribution in [0, 0.1) is 6.92 Å². The second-order valence-corrected chi connectivity index (χ2v) is 9.02. The average Bonchev–Trinajstić information content (AvgIpc) is 2.79. The van der Waals surface area contributed by atoms with E-state index in [0.29, 0.717) is 17.5 Å². The van der Waals surface area contributed by atoms with E-state index in [0.717, 1.165) is 39.6 Å². The molecule has 0 spiro atoms. The number of hydrazone groups is 1. The summed E-state index contributed by atoms with van der Waals surface area (Å²) in [6.45, 7) is 6.83. The average molecular weight is 451 g/mol. The Kier molecular flexibility index (Phi) is 7.15. The molecule has 6 nitrogen and oxygen atoms in total. The molecule has 0 saturated carbocycles. The Hall–Kier alpha value is -2.80. The van der Waals surface area contributed by atoms with E-state index in [9.17, 15) is 4.79 Å². The molecule has 0 aliphatic carbocycles. The number of fused-ring (bicyclic) bond motifs is 2. The summed E-state index contributed by atoms with van der Waals surface area (Å²) < 4.78 is 5.70. The van der Waals surface area contributed by atoms with Gasteiger partial charge in [-0.25, -0.2) is 5.01 Å². The zero-order chi connectivity index (χ0) is 22.5. The first-order chi connectivity index (χ1) is 15.6. The second-order valence-electron chi connectivity index (χ2n) is 7.94. The maximum Gasteiger partial charge on any atom is 0.276 e. The molecular formula is C25H30N4O2S. The van der Waals surface area contributed by atoms with Gasteiger partial charge in [0.15, 0.2) is 11.3 Å². The molecule has 0 radical (unpaired) electrons. The van der Waals surface area contributed by atoms with E-state index in [1.165, 1.54) is 19.3 Å². The van der Waals surface area contributed by atoms with Crippen molar-refractivity contribution in [3.8, 4) is 5.75 Å². The number of aryl methyl sites for hydroxylation is 1. The van der Waals surface area contributed by atoms with Gasteiger partial charge in [0, 0.05) is 11.0 Å². The third-order valence-electron chi connectivity index (χ3n) is 5.55. The van der Waals surface area contributed by atoms with Crippen molar-refractivity contribution in [2.75, 3.05) is 12.4 Å². The summed E-state index contributed by atoms with van der Waals surface area (Å²) in [4.78, 5) is 18.1. The molecule has 1 amide bonds. The number of carbonyl (C=O) groups is 1. The fourth-order valence-electron chi connectivity index (χ4n) is 3.96. The Morgan fingerprint density at radius 3 is 2.75 bits per heavy atom. The highest BCUT2D eigenvalue weighted by Crippen LogP contribution is 2.33. The molecule has 32 heavy (non-hydrogen) atoms. The first-order valence-corrected chi connectivity index (χ1v) is 12.3. The molecule has 0 fully saturated rings. The fraction of sp³-hybridized carbons (Fsp3) is 0.400. The highest BCUT2D eigenvalue weighted by Gasteiger charge is 2.34. The van der Waals surface area contributed by atoms with Crippen molar-refractivity contribution < 1.29 is 9.53 Å². The lowest BCUT2D eigenvalue weighted by Gasteiger charge is -2.34. The minimum atomic E-state index is -0.406. The molecule has 0 bridgehead atoms. The van der Waals surface area contributed by atoms with E-state index < -0.39 is 6.17 Å². The number of rotatable bonds is 8. The van der Waals surface area contributed by atoms with Gasteiger partial charge in [-0.3, -0.25) is 15.1 Å². The minimum absolute atomic E-state index is 0.133. The molecule has 2 heterocycles. The van der Waals surface area contributed by atoms with Gasteiger partial charge in [0.1, 0.15) is 11.4 Å². The summed E-state index contributed by atoms with van der Waals surface area (Å²) in [6, 6.07) is 13.8. The molecule has 2 aromatic carbocycles. The number of unbranched alkanes of at least 4 members (excludes halogenated alkanes) is 3. The summed E-state index contributed by atoms with van der Waals surface area (Å²) in [6.07, 6.45) is 4.34. The lowest BCUT2D eigenvalue weighted by atomic mass is 10.1. The largest absolute Gasteiger partial charge is 0.494 e. The third-order valence-corrected chi connectivity index (χ3v) is 6.50. The number of amidine groups is 1. The van der Waals surface area contributed by atoms with Gasteiger partial charge in [-0.05, 0) is 49.6 Å². The van der Waals surface area contributed by atoms with Crippen molar-refractivity contribution in [2.24, 2.45) is 10.1 Å². The highest BCUT2D eigenvalue weighted by molar-refractivity contribution is 8.13. The fourth-order valence-corrected chi connectivity index (χ4v) is 4.81. The van der Waals surface area contributed by atoms with E-state index in [1.807, 2.05) is 50.2 Å². The van der Waals surface area contributed by atoms with E-state index in [-0.39, 0.29) is 5.91 Å². The Morgan fingerprint density at radius 2 is 1.97 bits per heavy atom. The molecule has 4 rings (SSSR count). The predicted octanol–water partition coefficient (Wildman–Crippen LogP) is 3.85. The van der Waals surface area contributed by atoms with Crippen LogP contribution in [-0.2, 0) is 4.79 Å². The zero-order valence-corrected chi connectivity index (χ0v) is 19.7. The molecule has 1 N–H and O–H groups in total. The van der Waals surface area contributed by atoms with Gasteiger partial charge >= 0.3 is 0 Å². The standard InChI is InChI=1S/C25H30N4O2S/c1-4-6-7-10-15-32-25-27-24(30)22-19-11-8-9-12-20(19)26-23(29(22)28-25)18-13-14-21(31-5-2)17(3)16-18/h8-9,11-14,16,23H,4-7,10,15H2,1-3H3,(H,27,28,30). The van der Waals surface area contributed by atoms with Crippen molar-refractivity contribution in [3.63, 3.8) is 0 Å². The number of nitrogens with one attached hydrogen (secondary N) is 1. The molecule has 1 atom stereocenters. The molecule has 2 aromatic rings. The van der Waals surface area contributed by atoms with Gasteiger partial charge in [0.25, 0.3) is 5.91 Å². The lowest BCUT2D eigenvalue weighted by Crippen LogP contribution is -2.50. The van der Waals surface area contributed by atoms with E-state index >= 15 is 0 Å². The Labute approximate surface area is 193 Å². The normalized spacial score (nSPS) is 17.2. The summed E-state index contributed by atoms with van der Waals surface area (Å²) in [5.41, 5.74) is 2.56. The summed E-state index contributed by atoms with van der Waals surface area (Å²) in [5.74, 6) is 1.66. The molecule has 0 aromatic heterocycles. The quantitative estimate of drug-likeness (QED) is 0.621. The van der Waals surface area contributed by atoms with E-state index in [4.69, 9.17) is 14.8 Å². The van der Waals surface area contributed by atoms with E-state index in [2.05, 4.69) is 18.3 Å². The monoisotopic (exact) mass is 450 g/mol. The number of thioether (sulfide) groups is 1. The number of carbonyl (C=O) groups excluding carboxylic acids is 1. The molecule has 1 unspecified atom stereocenters. The van der Waals surface area contributed by atoms with Crippen LogP contribution in [0.4, 0.5) is 0 Å². The SMILES string of the molecule is CCCCCCSC1=NN2C(=c3ccccc3=NC2c2ccc(OCC)c(C)c2)C(=O)N1. The van der Waals surface area contributed by atoms with Crippen LogP contribution in [0.1, 0.15) is 56.8 Å². The maximum absolute atomic E-state index is 13.2. The first-order valence-electron chi connectivity index (χ1n) is 11.3. The molecule has 7 heteroatoms. The van der Waals surface area contributed by atoms with Crippen molar-refractivity contribution in [1.29, 1.82) is 0 Å². The van der Waals surface area contributed by atoms with Crippen LogP contribution in [0.3, 0.4) is 0 Å². The van der Waals surface area contributed by atoms with Gasteiger partial charge in [-0.15, -0.1) is 5.10 Å². The van der Waals surface area contributed by atoms with Crippen LogP contribution in [0.2, 0.25) is 0 Å². The van der Waals surface area contributed by atoms with Crippen molar-refractivity contribution in [2.45, 2.75) is 52.6 Å². The van der Waals surface area contributed by atoms with Crippen LogP contribution >= 0.6 is 11.8 Å². The van der Waals surface area contributed by atoms with Gasteiger partial charge in [0.2, 0.25) is 0 Å². The number of hydrogen-bond acceptors (Lipinski definition) is 6. The van der Waals surface area contributed by atoms with Crippen molar-refractivity contribution >= 4 is 28.5 Å². The predicted molar refractivity (Wildman–Crippen MR) is 130 cm³/mol. The molecular weight excluding hydrogens is 420 g/mol. The summed E-state index contributed by atoms with van der Waals surface area (Å²) in [7, 11) is 0. The van der Waals surface area contributed by atoms with Crippen molar-refractivity contribution in [1.82, 2.24) is 10.3 Å². The maximum atomic E-state index is 13.2. The molecule has 2 aliphatic heterocycles. The first kappa shape index (κ1) is 22.4.